The lowest BCUT2D eigenvalue weighted by atomic mass is 10.2. The highest BCUT2D eigenvalue weighted by atomic mass is 79.9. The molecule has 0 saturated carbocycles. The summed E-state index contributed by atoms with van der Waals surface area (Å²) in [5.41, 5.74) is 1.03. The Morgan fingerprint density at radius 3 is 2.58 bits per heavy atom. The van der Waals surface area contributed by atoms with Crippen LogP contribution in [0.2, 0.25) is 0 Å². The van der Waals surface area contributed by atoms with E-state index in [2.05, 4.69) is 20.9 Å². The number of aromatic nitrogens is 1. The van der Waals surface area contributed by atoms with Crippen molar-refractivity contribution in [1.82, 2.24) is 11.1 Å². The third-order valence-corrected chi connectivity index (χ3v) is 2.29. The minimum absolute atomic E-state index is 0. The maximum absolute atomic E-state index is 4.21. The Morgan fingerprint density at radius 2 is 1.83 bits per heavy atom. The zero-order chi connectivity index (χ0) is 7.68. The lowest BCUT2D eigenvalue weighted by Crippen LogP contribution is -1.76. The van der Waals surface area contributed by atoms with Crippen LogP contribution in [0.15, 0.2) is 41.0 Å². The zero-order valence-corrected chi connectivity index (χ0v) is 7.82. The van der Waals surface area contributed by atoms with Gasteiger partial charge in [0.15, 0.2) is 0 Å². The van der Waals surface area contributed by atoms with E-state index in [1.165, 1.54) is 0 Å². The van der Waals surface area contributed by atoms with Crippen molar-refractivity contribution < 1.29 is 0 Å². The van der Waals surface area contributed by atoms with E-state index in [4.69, 9.17) is 0 Å². The number of benzene rings is 1. The molecule has 2 rings (SSSR count). The van der Waals surface area contributed by atoms with Crippen molar-refractivity contribution in [2.75, 3.05) is 0 Å². The summed E-state index contributed by atoms with van der Waals surface area (Å²) >= 11 is 3.46. The van der Waals surface area contributed by atoms with Gasteiger partial charge < -0.3 is 0 Å². The standard InChI is InChI=1S/C9H6BrN.N/c10-8-5-6-11-9-4-2-1-3-7(8)9;/h1-6H;. The molecule has 2 aromatic rings. The highest BCUT2D eigenvalue weighted by Crippen LogP contribution is 2.20. The first kappa shape index (κ1) is 9.16. The Balaban J connectivity index is 0.000000720. The first-order valence-corrected chi connectivity index (χ1v) is 4.16. The SMILES string of the molecule is Brc1ccnc2ccccc12.[N]. The van der Waals surface area contributed by atoms with Gasteiger partial charge in [-0.15, -0.1) is 0 Å². The first-order valence-electron chi connectivity index (χ1n) is 3.37. The quantitative estimate of drug-likeness (QED) is 0.675. The molecule has 3 radical (unpaired) electrons. The van der Waals surface area contributed by atoms with Crippen LogP contribution in [-0.2, 0) is 0 Å². The van der Waals surface area contributed by atoms with Gasteiger partial charge in [0.25, 0.3) is 0 Å². The largest absolute Gasteiger partial charge is 0.256 e. The number of hydrogen-bond donors (Lipinski definition) is 0. The minimum atomic E-state index is 0. The number of pyridine rings is 1. The van der Waals surface area contributed by atoms with Crippen molar-refractivity contribution in [1.29, 1.82) is 0 Å². The van der Waals surface area contributed by atoms with Gasteiger partial charge >= 0.3 is 0 Å². The molecule has 0 fully saturated rings. The van der Waals surface area contributed by atoms with Gasteiger partial charge in [-0.05, 0) is 12.1 Å². The van der Waals surface area contributed by atoms with Gasteiger partial charge in [-0.25, -0.2) is 0 Å². The number of nitrogens with zero attached hydrogens (tertiary/aromatic N) is 2. The van der Waals surface area contributed by atoms with Crippen molar-refractivity contribution in [2.24, 2.45) is 0 Å². The average molecular weight is 222 g/mol. The van der Waals surface area contributed by atoms with Gasteiger partial charge in [-0.3, -0.25) is 4.98 Å². The van der Waals surface area contributed by atoms with E-state index in [-0.39, 0.29) is 6.15 Å². The number of fused-ring (bicyclic) bond motifs is 1. The molecule has 59 valence electrons. The van der Waals surface area contributed by atoms with Crippen molar-refractivity contribution in [3.05, 3.63) is 41.0 Å². The molecular formula is C9H6BrN2. The molecule has 0 unspecified atom stereocenters. The van der Waals surface area contributed by atoms with E-state index in [9.17, 15) is 0 Å². The van der Waals surface area contributed by atoms with E-state index in [0.29, 0.717) is 0 Å². The molecule has 0 bridgehead atoms. The fourth-order valence-electron chi connectivity index (χ4n) is 1.06. The van der Waals surface area contributed by atoms with Gasteiger partial charge in [0.1, 0.15) is 0 Å². The van der Waals surface area contributed by atoms with Gasteiger partial charge in [0.2, 0.25) is 0 Å². The molecule has 3 heteroatoms. The molecule has 0 aliphatic carbocycles. The normalized spacial score (nSPS) is 9.42. The smallest absolute Gasteiger partial charge is 0.0713 e. The zero-order valence-electron chi connectivity index (χ0n) is 6.24. The van der Waals surface area contributed by atoms with Crippen LogP contribution < -0.4 is 6.15 Å². The lowest BCUT2D eigenvalue weighted by Gasteiger charge is -1.96. The molecule has 0 saturated heterocycles. The summed E-state index contributed by atoms with van der Waals surface area (Å²) in [4.78, 5) is 4.21. The number of rotatable bonds is 0. The minimum Gasteiger partial charge on any atom is -0.256 e. The van der Waals surface area contributed by atoms with Crippen LogP contribution in [0.1, 0.15) is 0 Å². The van der Waals surface area contributed by atoms with Gasteiger partial charge in [0, 0.05) is 22.2 Å². The van der Waals surface area contributed by atoms with Crippen LogP contribution in [0.25, 0.3) is 10.9 Å². The van der Waals surface area contributed by atoms with Crippen molar-refractivity contribution in [3.63, 3.8) is 0 Å². The van der Waals surface area contributed by atoms with Gasteiger partial charge in [-0.2, -0.15) is 0 Å². The van der Waals surface area contributed by atoms with Crippen LogP contribution in [-0.4, -0.2) is 4.98 Å². The molecular weight excluding hydrogens is 216 g/mol. The third-order valence-electron chi connectivity index (χ3n) is 1.60. The fraction of sp³-hybridized carbons (Fsp3) is 0. The van der Waals surface area contributed by atoms with E-state index in [1.807, 2.05) is 30.3 Å². The first-order chi connectivity index (χ1) is 5.38. The predicted octanol–water partition coefficient (Wildman–Crippen LogP) is 2.52. The van der Waals surface area contributed by atoms with E-state index in [1.54, 1.807) is 6.20 Å². The molecule has 0 N–H and O–H groups in total. The molecule has 1 aromatic carbocycles. The summed E-state index contributed by atoms with van der Waals surface area (Å²) in [6.07, 6.45) is 1.80. The molecule has 0 aliphatic heterocycles. The van der Waals surface area contributed by atoms with Crippen molar-refractivity contribution in [2.45, 2.75) is 0 Å². The predicted molar refractivity (Wildman–Crippen MR) is 51.6 cm³/mol. The van der Waals surface area contributed by atoms with E-state index < -0.39 is 0 Å². The molecule has 0 atom stereocenters. The second kappa shape index (κ2) is 3.65. The Labute approximate surface area is 79.3 Å². The monoisotopic (exact) mass is 221 g/mol. The maximum Gasteiger partial charge on any atom is 0.0713 e. The number of para-hydroxylation sites is 1. The highest BCUT2D eigenvalue weighted by molar-refractivity contribution is 9.10. The Kier molecular flexibility index (Phi) is 2.78. The Bertz CT molecular complexity index is 382. The summed E-state index contributed by atoms with van der Waals surface area (Å²) in [6, 6.07) is 9.99. The van der Waals surface area contributed by atoms with Crippen molar-refractivity contribution >= 4 is 26.8 Å². The molecule has 1 heterocycles. The summed E-state index contributed by atoms with van der Waals surface area (Å²) in [5, 5.41) is 1.16. The fourth-order valence-corrected chi connectivity index (χ4v) is 1.51. The summed E-state index contributed by atoms with van der Waals surface area (Å²) in [5.74, 6) is 0. The average Bonchev–Trinajstić information content (AvgIpc) is 2.06. The summed E-state index contributed by atoms with van der Waals surface area (Å²) in [6.45, 7) is 0. The van der Waals surface area contributed by atoms with Crippen LogP contribution in [0.5, 0.6) is 0 Å². The summed E-state index contributed by atoms with van der Waals surface area (Å²) < 4.78 is 1.10. The van der Waals surface area contributed by atoms with Crippen LogP contribution in [0, 0.1) is 0 Å². The number of hydrogen-bond acceptors (Lipinski definition) is 1. The third kappa shape index (κ3) is 1.47. The molecule has 2 nitrogen and oxygen atoms in total. The molecule has 0 amide bonds. The van der Waals surface area contributed by atoms with Crippen LogP contribution in [0.3, 0.4) is 0 Å². The molecule has 1 aromatic heterocycles. The Morgan fingerprint density at radius 1 is 1.08 bits per heavy atom. The number of halogens is 1. The maximum atomic E-state index is 4.21. The lowest BCUT2D eigenvalue weighted by molar-refractivity contribution is 1.40. The van der Waals surface area contributed by atoms with Crippen molar-refractivity contribution in [3.8, 4) is 0 Å². The second-order valence-corrected chi connectivity index (χ2v) is 3.16. The Hall–Kier alpha value is -0.930. The molecule has 12 heavy (non-hydrogen) atoms. The van der Waals surface area contributed by atoms with E-state index in [0.717, 1.165) is 15.4 Å². The van der Waals surface area contributed by atoms with Gasteiger partial charge in [-0.1, -0.05) is 34.1 Å². The van der Waals surface area contributed by atoms with Crippen LogP contribution in [0.4, 0.5) is 0 Å². The van der Waals surface area contributed by atoms with Gasteiger partial charge in [0.05, 0.1) is 5.52 Å². The summed E-state index contributed by atoms with van der Waals surface area (Å²) in [7, 11) is 0. The topological polar surface area (TPSA) is 43.4 Å². The highest BCUT2D eigenvalue weighted by Gasteiger charge is 1.94. The second-order valence-electron chi connectivity index (χ2n) is 2.31. The van der Waals surface area contributed by atoms with Crippen LogP contribution >= 0.6 is 15.9 Å². The van der Waals surface area contributed by atoms with E-state index >= 15 is 0 Å². The molecule has 0 aliphatic rings. The molecule has 0 spiro atoms.